The van der Waals surface area contributed by atoms with Crippen molar-refractivity contribution in [3.8, 4) is 0 Å². The van der Waals surface area contributed by atoms with Crippen molar-refractivity contribution in [3.05, 3.63) is 46.9 Å². The summed E-state index contributed by atoms with van der Waals surface area (Å²) in [6, 6.07) is 0. The molecule has 0 heterocycles. The molecule has 1 heteroatoms. The van der Waals surface area contributed by atoms with E-state index in [9.17, 15) is 0 Å². The van der Waals surface area contributed by atoms with Crippen LogP contribution in [-0.2, 0) is 0 Å². The molecule has 0 unspecified atom stereocenters. The van der Waals surface area contributed by atoms with Crippen LogP contribution in [-0.4, -0.2) is 6.21 Å². The van der Waals surface area contributed by atoms with Gasteiger partial charge in [0, 0.05) is 11.8 Å². The summed E-state index contributed by atoms with van der Waals surface area (Å²) in [5.41, 5.74) is 8.19. The van der Waals surface area contributed by atoms with Crippen molar-refractivity contribution in [3.63, 3.8) is 0 Å². The van der Waals surface area contributed by atoms with Gasteiger partial charge in [0.2, 0.25) is 0 Å². The minimum Gasteiger partial charge on any atom is -0.308 e. The van der Waals surface area contributed by atoms with Crippen LogP contribution >= 0.6 is 0 Å². The maximum atomic E-state index is 7.37. The van der Waals surface area contributed by atoms with Gasteiger partial charge in [-0.15, -0.1) is 0 Å². The fraction of sp³-hybridized carbons (Fsp3) is 0.471. The van der Waals surface area contributed by atoms with Crippen molar-refractivity contribution in [1.82, 2.24) is 0 Å². The van der Waals surface area contributed by atoms with Gasteiger partial charge in [-0.1, -0.05) is 65.7 Å². The van der Waals surface area contributed by atoms with Gasteiger partial charge in [0.25, 0.3) is 0 Å². The van der Waals surface area contributed by atoms with Crippen LogP contribution < -0.4 is 0 Å². The lowest BCUT2D eigenvalue weighted by Crippen LogP contribution is -2.10. The Kier molecular flexibility index (Phi) is 9.90. The Labute approximate surface area is 113 Å². The first-order valence-electron chi connectivity index (χ1n) is 6.12. The monoisotopic (exact) mass is 245 g/mol. The van der Waals surface area contributed by atoms with E-state index in [2.05, 4.69) is 38.3 Å². The lowest BCUT2D eigenvalue weighted by molar-refractivity contribution is 0.524. The first-order chi connectivity index (χ1) is 8.04. The smallest absolute Gasteiger partial charge is 0.0212 e. The summed E-state index contributed by atoms with van der Waals surface area (Å²) in [4.78, 5) is 0. The van der Waals surface area contributed by atoms with E-state index >= 15 is 0 Å². The molecule has 18 heavy (non-hydrogen) atoms. The van der Waals surface area contributed by atoms with Crippen molar-refractivity contribution in [2.24, 2.45) is 5.41 Å². The summed E-state index contributed by atoms with van der Waals surface area (Å²) < 4.78 is 0. The summed E-state index contributed by atoms with van der Waals surface area (Å²) in [6.45, 7) is 10.3. The Hall–Kier alpha value is -1.55. The molecule has 0 aromatic carbocycles. The number of rotatable bonds is 3. The van der Waals surface area contributed by atoms with E-state index in [-0.39, 0.29) is 12.8 Å². The number of nitrogens with one attached hydrogen (secondary N) is 1. The molecule has 0 spiro atoms. The SMILES string of the molecule is C.CC.CC(C)(C)/C(C=N)=C/CC1=C=C=CC=C1. The van der Waals surface area contributed by atoms with Crippen molar-refractivity contribution < 1.29 is 0 Å². The number of allylic oxidation sites excluding steroid dienone is 6. The van der Waals surface area contributed by atoms with Gasteiger partial charge in [-0.3, -0.25) is 0 Å². The predicted octanol–water partition coefficient (Wildman–Crippen LogP) is 5.47. The van der Waals surface area contributed by atoms with Gasteiger partial charge in [0.1, 0.15) is 0 Å². The highest BCUT2D eigenvalue weighted by atomic mass is 14.4. The van der Waals surface area contributed by atoms with Crippen LogP contribution in [0.15, 0.2) is 46.9 Å². The molecular weight excluding hydrogens is 218 g/mol. The third kappa shape index (κ3) is 6.91. The first-order valence-corrected chi connectivity index (χ1v) is 6.12. The van der Waals surface area contributed by atoms with Crippen LogP contribution in [0.3, 0.4) is 0 Å². The number of hydrogen-bond donors (Lipinski definition) is 1. The summed E-state index contributed by atoms with van der Waals surface area (Å²) >= 11 is 0. The summed E-state index contributed by atoms with van der Waals surface area (Å²) in [5, 5.41) is 7.37. The molecule has 0 amide bonds. The van der Waals surface area contributed by atoms with E-state index < -0.39 is 0 Å². The molecule has 0 aromatic heterocycles. The van der Waals surface area contributed by atoms with Crippen molar-refractivity contribution in [2.45, 2.75) is 48.5 Å². The maximum Gasteiger partial charge on any atom is 0.0212 e. The molecule has 0 aromatic rings. The van der Waals surface area contributed by atoms with E-state index in [1.54, 1.807) is 0 Å². The van der Waals surface area contributed by atoms with Crippen LogP contribution in [0.1, 0.15) is 48.5 Å². The molecule has 0 fully saturated rings. The van der Waals surface area contributed by atoms with Crippen LogP contribution in [0.5, 0.6) is 0 Å². The predicted molar refractivity (Wildman–Crippen MR) is 83.3 cm³/mol. The second-order valence-electron chi connectivity index (χ2n) is 4.58. The Morgan fingerprint density at radius 2 is 1.94 bits per heavy atom. The highest BCUT2D eigenvalue weighted by molar-refractivity contribution is 5.77. The molecule has 0 radical (unpaired) electrons. The van der Waals surface area contributed by atoms with Gasteiger partial charge < -0.3 is 5.41 Å². The van der Waals surface area contributed by atoms with Crippen molar-refractivity contribution >= 4 is 6.21 Å². The van der Waals surface area contributed by atoms with Crippen LogP contribution in [0.4, 0.5) is 0 Å². The Morgan fingerprint density at radius 1 is 1.33 bits per heavy atom. The molecule has 1 rings (SSSR count). The standard InChI is InChI=1S/C14H17N.C2H6.CH4/c1-14(2,3)13(11-15)10-9-12-7-5-4-6-8-12;1-2;/h4-5,7,10-11,15H,9H2,1-3H3;1-2H3;1H4/b13-10+,15-11?;;. The fourth-order valence-corrected chi connectivity index (χ4v) is 1.31. The summed E-state index contributed by atoms with van der Waals surface area (Å²) in [5.74, 6) is 0. The van der Waals surface area contributed by atoms with E-state index in [1.165, 1.54) is 6.21 Å². The topological polar surface area (TPSA) is 23.9 Å². The fourth-order valence-electron chi connectivity index (χ4n) is 1.31. The van der Waals surface area contributed by atoms with Crippen LogP contribution in [0, 0.1) is 10.8 Å². The molecule has 1 nitrogen and oxygen atoms in total. The third-order valence-electron chi connectivity index (χ3n) is 2.27. The first kappa shape index (κ1) is 18.8. The molecule has 1 aliphatic rings. The molecule has 0 bridgehead atoms. The van der Waals surface area contributed by atoms with E-state index in [4.69, 9.17) is 5.41 Å². The Bertz CT molecular complexity index is 401. The highest BCUT2D eigenvalue weighted by Crippen LogP contribution is 2.24. The minimum atomic E-state index is 0. The molecule has 0 saturated carbocycles. The Morgan fingerprint density at radius 3 is 2.33 bits per heavy atom. The molecular formula is C17H27N. The summed E-state index contributed by atoms with van der Waals surface area (Å²) in [6.07, 6.45) is 10.2. The minimum absolute atomic E-state index is 0. The largest absolute Gasteiger partial charge is 0.308 e. The maximum absolute atomic E-state index is 7.37. The lowest BCUT2D eigenvalue weighted by Gasteiger charge is -2.19. The van der Waals surface area contributed by atoms with Crippen LogP contribution in [0.2, 0.25) is 0 Å². The zero-order chi connectivity index (χ0) is 13.3. The average Bonchev–Trinajstić information content (AvgIpc) is 2.32. The van der Waals surface area contributed by atoms with E-state index in [1.807, 2.05) is 32.1 Å². The van der Waals surface area contributed by atoms with Gasteiger partial charge in [-0.05, 0) is 29.6 Å². The van der Waals surface area contributed by atoms with Crippen molar-refractivity contribution in [1.29, 1.82) is 5.41 Å². The average molecular weight is 245 g/mol. The quantitative estimate of drug-likeness (QED) is 0.504. The second kappa shape index (κ2) is 9.48. The zero-order valence-electron chi connectivity index (χ0n) is 11.6. The molecule has 0 saturated heterocycles. The normalized spacial score (nSPS) is 13.2. The van der Waals surface area contributed by atoms with Gasteiger partial charge in [-0.2, -0.15) is 0 Å². The van der Waals surface area contributed by atoms with E-state index in [0.717, 1.165) is 17.6 Å². The van der Waals surface area contributed by atoms with Crippen molar-refractivity contribution in [2.75, 3.05) is 0 Å². The van der Waals surface area contributed by atoms with E-state index in [0.29, 0.717) is 0 Å². The molecule has 1 aliphatic carbocycles. The van der Waals surface area contributed by atoms with Crippen LogP contribution in [0.25, 0.3) is 0 Å². The summed E-state index contributed by atoms with van der Waals surface area (Å²) in [7, 11) is 0. The molecule has 0 atom stereocenters. The zero-order valence-corrected chi connectivity index (χ0v) is 11.6. The second-order valence-corrected chi connectivity index (χ2v) is 4.58. The molecule has 1 N–H and O–H groups in total. The van der Waals surface area contributed by atoms with Gasteiger partial charge >= 0.3 is 0 Å². The lowest BCUT2D eigenvalue weighted by atomic mass is 9.86. The van der Waals surface area contributed by atoms with Gasteiger partial charge in [0.05, 0.1) is 0 Å². The number of hydrogen-bond acceptors (Lipinski definition) is 1. The Balaban J connectivity index is 0. The molecule has 0 aliphatic heterocycles. The molecule has 100 valence electrons. The van der Waals surface area contributed by atoms with Gasteiger partial charge in [-0.25, -0.2) is 0 Å². The van der Waals surface area contributed by atoms with Gasteiger partial charge in [0.15, 0.2) is 0 Å². The highest BCUT2D eigenvalue weighted by Gasteiger charge is 2.14. The third-order valence-corrected chi connectivity index (χ3v) is 2.27.